The highest BCUT2D eigenvalue weighted by molar-refractivity contribution is 6.02. The fourth-order valence-corrected chi connectivity index (χ4v) is 4.75. The molecule has 1 heterocycles. The van der Waals surface area contributed by atoms with Crippen LogP contribution in [0.4, 0.5) is 5.69 Å². The normalized spacial score (nSPS) is 27.7. The fourth-order valence-electron chi connectivity index (χ4n) is 4.75. The molecule has 162 valence electrons. The first kappa shape index (κ1) is 22.0. The summed E-state index contributed by atoms with van der Waals surface area (Å²) in [4.78, 5) is 40.7. The van der Waals surface area contributed by atoms with E-state index in [2.05, 4.69) is 5.32 Å². The average molecular weight is 415 g/mol. The molecule has 1 saturated heterocycles. The second kappa shape index (κ2) is 9.00. The van der Waals surface area contributed by atoms with E-state index in [1.165, 1.54) is 4.90 Å². The van der Waals surface area contributed by atoms with Crippen LogP contribution in [0.1, 0.15) is 25.0 Å². The maximum absolute atomic E-state index is 13.4. The molecule has 0 radical (unpaired) electrons. The number of carbonyl (C=O) groups excluding carboxylic acids is 3. The molecular weight excluding hydrogens is 384 g/mol. The fraction of sp³-hybridized carbons (Fsp3) is 0.522. The first-order valence-electron chi connectivity index (χ1n) is 10.4. The van der Waals surface area contributed by atoms with Crippen LogP contribution in [0.3, 0.4) is 0 Å². The quantitative estimate of drug-likeness (QED) is 0.549. The van der Waals surface area contributed by atoms with Crippen LogP contribution in [-0.4, -0.2) is 53.6 Å². The molecule has 1 fully saturated rings. The van der Waals surface area contributed by atoms with Gasteiger partial charge in [-0.25, -0.2) is 0 Å². The number of anilines is 1. The van der Waals surface area contributed by atoms with E-state index in [0.717, 1.165) is 16.8 Å². The predicted molar refractivity (Wildman–Crippen MR) is 113 cm³/mol. The first-order valence-corrected chi connectivity index (χ1v) is 10.4. The molecule has 2 aliphatic rings. The SMILES string of the molecule is CCOC(=O)[C@H]1[C@@H]2C(=O)N(CCO)[C@H](C(=O)Nc3c(C)cccc3C)[C@H]2C=C[C@H]1C. The van der Waals surface area contributed by atoms with Gasteiger partial charge < -0.3 is 20.1 Å². The van der Waals surface area contributed by atoms with Crippen molar-refractivity contribution in [2.24, 2.45) is 23.7 Å². The van der Waals surface area contributed by atoms with E-state index >= 15 is 0 Å². The van der Waals surface area contributed by atoms with E-state index in [1.54, 1.807) is 6.92 Å². The summed E-state index contributed by atoms with van der Waals surface area (Å²) >= 11 is 0. The molecule has 5 atom stereocenters. The average Bonchev–Trinajstić information content (AvgIpc) is 2.97. The molecule has 0 aromatic heterocycles. The number of ether oxygens (including phenoxy) is 1. The zero-order valence-corrected chi connectivity index (χ0v) is 17.9. The Bertz CT molecular complexity index is 845. The summed E-state index contributed by atoms with van der Waals surface area (Å²) < 4.78 is 5.23. The number of aliphatic hydroxyl groups is 1. The lowest BCUT2D eigenvalue weighted by molar-refractivity contribution is -0.155. The molecule has 0 unspecified atom stereocenters. The lowest BCUT2D eigenvalue weighted by atomic mass is 9.70. The topological polar surface area (TPSA) is 95.9 Å². The molecule has 0 bridgehead atoms. The number of allylic oxidation sites excluding steroid dienone is 1. The van der Waals surface area contributed by atoms with Gasteiger partial charge in [0.15, 0.2) is 0 Å². The second-order valence-electron chi connectivity index (χ2n) is 8.08. The van der Waals surface area contributed by atoms with Crippen molar-refractivity contribution in [2.45, 2.75) is 33.7 Å². The van der Waals surface area contributed by atoms with E-state index in [0.29, 0.717) is 0 Å². The Morgan fingerprint density at radius 3 is 2.47 bits per heavy atom. The molecule has 0 spiro atoms. The minimum absolute atomic E-state index is 0.0362. The van der Waals surface area contributed by atoms with E-state index in [4.69, 9.17) is 4.74 Å². The second-order valence-corrected chi connectivity index (χ2v) is 8.08. The Balaban J connectivity index is 1.96. The largest absolute Gasteiger partial charge is 0.466 e. The first-order chi connectivity index (χ1) is 14.3. The van der Waals surface area contributed by atoms with Crippen LogP contribution in [0.5, 0.6) is 0 Å². The third kappa shape index (κ3) is 3.86. The van der Waals surface area contributed by atoms with Gasteiger partial charge in [0.1, 0.15) is 6.04 Å². The summed E-state index contributed by atoms with van der Waals surface area (Å²) in [5, 5.41) is 12.5. The monoisotopic (exact) mass is 414 g/mol. The molecule has 0 saturated carbocycles. The van der Waals surface area contributed by atoms with Crippen molar-refractivity contribution in [1.82, 2.24) is 4.90 Å². The number of carbonyl (C=O) groups is 3. The Labute approximate surface area is 177 Å². The van der Waals surface area contributed by atoms with Crippen molar-refractivity contribution in [3.05, 3.63) is 41.5 Å². The summed E-state index contributed by atoms with van der Waals surface area (Å²) in [5.41, 5.74) is 2.57. The highest BCUT2D eigenvalue weighted by Crippen LogP contribution is 2.44. The van der Waals surface area contributed by atoms with Crippen LogP contribution in [0.2, 0.25) is 0 Å². The third-order valence-corrected chi connectivity index (χ3v) is 6.17. The van der Waals surface area contributed by atoms with Gasteiger partial charge in [0, 0.05) is 18.2 Å². The molecule has 2 N–H and O–H groups in total. The highest BCUT2D eigenvalue weighted by atomic mass is 16.5. The van der Waals surface area contributed by atoms with Crippen molar-refractivity contribution < 1.29 is 24.2 Å². The number of rotatable bonds is 6. The van der Waals surface area contributed by atoms with Crippen molar-refractivity contribution in [3.63, 3.8) is 0 Å². The number of para-hydroxylation sites is 1. The zero-order chi connectivity index (χ0) is 22.0. The summed E-state index contributed by atoms with van der Waals surface area (Å²) in [6.45, 7) is 7.44. The minimum atomic E-state index is -0.797. The number of hydrogen-bond donors (Lipinski definition) is 2. The van der Waals surface area contributed by atoms with Crippen molar-refractivity contribution in [3.8, 4) is 0 Å². The lowest BCUT2D eigenvalue weighted by Crippen LogP contribution is -2.45. The number of β-amino-alcohol motifs (C(OH)–C–C–N with tert-alkyl or cyclic N) is 1. The number of aryl methyl sites for hydroxylation is 2. The van der Waals surface area contributed by atoms with E-state index in [-0.39, 0.29) is 37.5 Å². The van der Waals surface area contributed by atoms with Crippen molar-refractivity contribution in [1.29, 1.82) is 0 Å². The molecule has 1 aliphatic heterocycles. The van der Waals surface area contributed by atoms with Gasteiger partial charge in [-0.05, 0) is 37.8 Å². The van der Waals surface area contributed by atoms with Gasteiger partial charge >= 0.3 is 5.97 Å². The third-order valence-electron chi connectivity index (χ3n) is 6.17. The number of nitrogens with one attached hydrogen (secondary N) is 1. The summed E-state index contributed by atoms with van der Waals surface area (Å²) in [7, 11) is 0. The number of amides is 2. The van der Waals surface area contributed by atoms with Crippen LogP contribution in [0.15, 0.2) is 30.4 Å². The number of hydrogen-bond acceptors (Lipinski definition) is 5. The van der Waals surface area contributed by atoms with Crippen LogP contribution >= 0.6 is 0 Å². The van der Waals surface area contributed by atoms with Crippen LogP contribution in [0, 0.1) is 37.5 Å². The smallest absolute Gasteiger partial charge is 0.310 e. The Morgan fingerprint density at radius 2 is 1.87 bits per heavy atom. The molecular formula is C23H30N2O5. The van der Waals surface area contributed by atoms with Crippen molar-refractivity contribution >= 4 is 23.5 Å². The number of fused-ring (bicyclic) bond motifs is 1. The van der Waals surface area contributed by atoms with E-state index < -0.39 is 29.8 Å². The molecule has 1 aliphatic carbocycles. The van der Waals surface area contributed by atoms with E-state index in [1.807, 2.05) is 51.1 Å². The Hall–Kier alpha value is -2.67. The highest BCUT2D eigenvalue weighted by Gasteiger charge is 2.56. The number of esters is 1. The lowest BCUT2D eigenvalue weighted by Gasteiger charge is -2.32. The molecule has 30 heavy (non-hydrogen) atoms. The minimum Gasteiger partial charge on any atom is -0.466 e. The molecule has 1 aromatic rings. The molecule has 7 nitrogen and oxygen atoms in total. The molecule has 1 aromatic carbocycles. The van der Waals surface area contributed by atoms with Gasteiger partial charge in [0.2, 0.25) is 11.8 Å². The van der Waals surface area contributed by atoms with Crippen molar-refractivity contribution in [2.75, 3.05) is 25.1 Å². The number of benzene rings is 1. The predicted octanol–water partition coefficient (Wildman–Crippen LogP) is 2.06. The van der Waals surface area contributed by atoms with Gasteiger partial charge in [-0.2, -0.15) is 0 Å². The van der Waals surface area contributed by atoms with Gasteiger partial charge in [0.25, 0.3) is 0 Å². The summed E-state index contributed by atoms with van der Waals surface area (Å²) in [5.74, 6) is -2.98. The number of likely N-dealkylation sites (tertiary alicyclic amines) is 1. The maximum atomic E-state index is 13.4. The maximum Gasteiger partial charge on any atom is 0.310 e. The number of aliphatic hydroxyl groups excluding tert-OH is 1. The summed E-state index contributed by atoms with van der Waals surface area (Å²) in [6, 6.07) is 4.95. The zero-order valence-electron chi connectivity index (χ0n) is 17.9. The number of nitrogens with zero attached hydrogens (tertiary/aromatic N) is 1. The Kier molecular flexibility index (Phi) is 6.61. The molecule has 2 amide bonds. The van der Waals surface area contributed by atoms with Gasteiger partial charge in [-0.1, -0.05) is 37.3 Å². The van der Waals surface area contributed by atoms with E-state index in [9.17, 15) is 19.5 Å². The molecule has 7 heteroatoms. The van der Waals surface area contributed by atoms with Crippen LogP contribution in [-0.2, 0) is 19.1 Å². The van der Waals surface area contributed by atoms with Gasteiger partial charge in [-0.15, -0.1) is 0 Å². The van der Waals surface area contributed by atoms with Gasteiger partial charge in [-0.3, -0.25) is 14.4 Å². The summed E-state index contributed by atoms with van der Waals surface area (Å²) in [6.07, 6.45) is 3.76. The standard InChI is InChI=1S/C23H30N2O5/c1-5-30-23(29)17-13(2)9-10-16-18(17)22(28)25(11-12-26)20(16)21(27)24-19-14(3)7-6-8-15(19)4/h6-10,13,16-18,20,26H,5,11-12H2,1-4H3,(H,24,27)/t13-,16+,17-,18-,20+/m1/s1. The van der Waals surface area contributed by atoms with Crippen LogP contribution < -0.4 is 5.32 Å². The molecule has 3 rings (SSSR count). The van der Waals surface area contributed by atoms with Crippen LogP contribution in [0.25, 0.3) is 0 Å². The Morgan fingerprint density at radius 1 is 1.20 bits per heavy atom. The van der Waals surface area contributed by atoms with Gasteiger partial charge in [0.05, 0.1) is 25.0 Å².